The molecule has 1 fully saturated rings. The number of alkyl halides is 3. The molecule has 1 saturated heterocycles. The van der Waals surface area contributed by atoms with Crippen LogP contribution in [0, 0.1) is 6.92 Å². The van der Waals surface area contributed by atoms with Crippen molar-refractivity contribution in [2.45, 2.75) is 31.9 Å². The summed E-state index contributed by atoms with van der Waals surface area (Å²) in [4.78, 5) is 26.3. The molecule has 0 radical (unpaired) electrons. The summed E-state index contributed by atoms with van der Waals surface area (Å²) in [5, 5.41) is 3.89. The summed E-state index contributed by atoms with van der Waals surface area (Å²) in [5.74, 6) is 0.0381. The monoisotopic (exact) mass is 493 g/mol. The first-order valence-electron chi connectivity index (χ1n) is 11.8. The van der Waals surface area contributed by atoms with E-state index >= 15 is 0 Å². The maximum atomic E-state index is 14.1. The van der Waals surface area contributed by atoms with Crippen LogP contribution in [0.4, 0.5) is 24.7 Å². The van der Waals surface area contributed by atoms with Crippen molar-refractivity contribution in [1.82, 2.24) is 19.9 Å². The molecule has 0 atom stereocenters. The molecule has 1 aromatic carbocycles. The second-order valence-electron chi connectivity index (χ2n) is 9.32. The molecule has 186 valence electrons. The minimum Gasteiger partial charge on any atom is -0.340 e. The van der Waals surface area contributed by atoms with Gasteiger partial charge in [0.1, 0.15) is 5.82 Å². The highest BCUT2D eigenvalue weighted by atomic mass is 19.4. The number of hydrogen-bond donors (Lipinski definition) is 2. The number of benzene rings is 1. The Morgan fingerprint density at radius 3 is 2.56 bits per heavy atom. The summed E-state index contributed by atoms with van der Waals surface area (Å²) in [6.07, 6.45) is 0.0717. The molecule has 2 N–H and O–H groups in total. The van der Waals surface area contributed by atoms with E-state index in [-0.39, 0.29) is 28.4 Å². The Labute approximate surface area is 206 Å². The number of aromatic amines is 1. The minimum atomic E-state index is -4.50. The van der Waals surface area contributed by atoms with Crippen molar-refractivity contribution >= 4 is 22.3 Å². The quantitative estimate of drug-likeness (QED) is 0.372. The van der Waals surface area contributed by atoms with E-state index in [4.69, 9.17) is 0 Å². The van der Waals surface area contributed by atoms with E-state index in [0.29, 0.717) is 29.5 Å². The van der Waals surface area contributed by atoms with Crippen molar-refractivity contribution in [2.75, 3.05) is 25.5 Å². The van der Waals surface area contributed by atoms with Gasteiger partial charge in [-0.2, -0.15) is 13.2 Å². The minimum absolute atomic E-state index is 0.147. The molecule has 6 nitrogen and oxygen atoms in total. The van der Waals surface area contributed by atoms with E-state index in [1.807, 2.05) is 26.1 Å². The molecule has 4 heterocycles. The number of aromatic nitrogens is 3. The lowest BCUT2D eigenvalue weighted by Gasteiger charge is -2.31. The smallest absolute Gasteiger partial charge is 0.340 e. The van der Waals surface area contributed by atoms with E-state index < -0.39 is 11.7 Å². The molecule has 0 aliphatic carbocycles. The van der Waals surface area contributed by atoms with Crippen molar-refractivity contribution in [3.8, 4) is 11.3 Å². The zero-order chi connectivity index (χ0) is 25.4. The molecule has 0 bridgehead atoms. The number of nitrogens with zero attached hydrogens (tertiary/aromatic N) is 3. The first-order chi connectivity index (χ1) is 17.2. The van der Waals surface area contributed by atoms with Crippen LogP contribution in [-0.2, 0) is 6.18 Å². The molecule has 0 unspecified atom stereocenters. The highest BCUT2D eigenvalue weighted by Crippen LogP contribution is 2.40. The van der Waals surface area contributed by atoms with Gasteiger partial charge in [0.2, 0.25) is 0 Å². The van der Waals surface area contributed by atoms with E-state index in [1.54, 1.807) is 30.5 Å². The number of fused-ring (bicyclic) bond motifs is 1. The Bertz CT molecular complexity index is 1460. The van der Waals surface area contributed by atoms with Crippen LogP contribution < -0.4 is 10.9 Å². The van der Waals surface area contributed by atoms with Gasteiger partial charge in [-0.1, -0.05) is 6.07 Å². The van der Waals surface area contributed by atoms with Crippen molar-refractivity contribution in [1.29, 1.82) is 0 Å². The molecule has 0 saturated carbocycles. The molecule has 3 aromatic heterocycles. The lowest BCUT2D eigenvalue weighted by Crippen LogP contribution is -2.30. The third kappa shape index (κ3) is 4.83. The van der Waals surface area contributed by atoms with Gasteiger partial charge in [0, 0.05) is 29.3 Å². The number of pyridine rings is 3. The van der Waals surface area contributed by atoms with Crippen LogP contribution >= 0.6 is 0 Å². The number of H-pyrrole nitrogens is 1. The SMILES string of the molecule is Cc1ccc(-c2cc3cc[nH]c(=O)c3c(Nc3ccc(C4CCN(C)CC4)c(C(F)(F)F)c3)n2)cn1. The highest BCUT2D eigenvalue weighted by Gasteiger charge is 2.36. The number of piperidine rings is 1. The number of nitrogens with one attached hydrogen (secondary N) is 2. The maximum Gasteiger partial charge on any atom is 0.416 e. The third-order valence-corrected chi connectivity index (χ3v) is 6.74. The molecule has 4 aromatic rings. The van der Waals surface area contributed by atoms with Gasteiger partial charge in [0.15, 0.2) is 0 Å². The Morgan fingerprint density at radius 1 is 1.08 bits per heavy atom. The summed E-state index contributed by atoms with van der Waals surface area (Å²) in [7, 11) is 1.98. The number of aryl methyl sites for hydroxylation is 1. The molecule has 0 spiro atoms. The lowest BCUT2D eigenvalue weighted by molar-refractivity contribution is -0.138. The van der Waals surface area contributed by atoms with Crippen molar-refractivity contribution in [2.24, 2.45) is 0 Å². The second kappa shape index (κ2) is 9.39. The standard InChI is InChI=1S/C27H26F3N5O/c1-16-3-4-19(15-32-16)23-13-18-7-10-31-26(36)24(18)25(34-23)33-20-5-6-21(22(14-20)27(28,29)30)17-8-11-35(2)12-9-17/h3-7,10,13-15,17H,8-9,11-12H2,1-2H3,(H,31,36)(H,33,34). The van der Waals surface area contributed by atoms with Crippen LogP contribution in [0.1, 0.15) is 35.6 Å². The second-order valence-corrected chi connectivity index (χ2v) is 9.32. The van der Waals surface area contributed by atoms with E-state index in [0.717, 1.165) is 30.4 Å². The van der Waals surface area contributed by atoms with Gasteiger partial charge in [-0.15, -0.1) is 0 Å². The maximum absolute atomic E-state index is 14.1. The number of halogens is 3. The topological polar surface area (TPSA) is 73.9 Å². The molecule has 36 heavy (non-hydrogen) atoms. The number of rotatable bonds is 4. The number of hydrogen-bond acceptors (Lipinski definition) is 5. The van der Waals surface area contributed by atoms with E-state index in [2.05, 4.69) is 25.2 Å². The molecule has 0 amide bonds. The molecule has 1 aliphatic heterocycles. The Morgan fingerprint density at radius 2 is 1.86 bits per heavy atom. The van der Waals surface area contributed by atoms with Gasteiger partial charge in [-0.3, -0.25) is 9.78 Å². The summed E-state index contributed by atoms with van der Waals surface area (Å²) >= 11 is 0. The van der Waals surface area contributed by atoms with Gasteiger partial charge in [0.05, 0.1) is 16.6 Å². The van der Waals surface area contributed by atoms with Gasteiger partial charge in [-0.25, -0.2) is 4.98 Å². The Hall–Kier alpha value is -3.72. The van der Waals surface area contributed by atoms with Crippen LogP contribution in [-0.4, -0.2) is 40.0 Å². The van der Waals surface area contributed by atoms with Gasteiger partial charge < -0.3 is 15.2 Å². The van der Waals surface area contributed by atoms with Crippen molar-refractivity contribution in [3.05, 3.63) is 82.0 Å². The molecule has 5 rings (SSSR count). The lowest BCUT2D eigenvalue weighted by atomic mass is 9.86. The van der Waals surface area contributed by atoms with Crippen LogP contribution in [0.25, 0.3) is 22.0 Å². The average molecular weight is 494 g/mol. The van der Waals surface area contributed by atoms with Crippen molar-refractivity contribution < 1.29 is 13.2 Å². The molecular formula is C27H26F3N5O. The zero-order valence-corrected chi connectivity index (χ0v) is 20.0. The van der Waals surface area contributed by atoms with Crippen LogP contribution in [0.2, 0.25) is 0 Å². The van der Waals surface area contributed by atoms with Crippen LogP contribution in [0.15, 0.2) is 59.7 Å². The number of likely N-dealkylation sites (tertiary alicyclic amines) is 1. The third-order valence-electron chi connectivity index (χ3n) is 6.74. The van der Waals surface area contributed by atoms with Gasteiger partial charge in [0.25, 0.3) is 5.56 Å². The first kappa shape index (κ1) is 24.0. The fraction of sp³-hybridized carbons (Fsp3) is 0.296. The fourth-order valence-corrected chi connectivity index (χ4v) is 4.76. The summed E-state index contributed by atoms with van der Waals surface area (Å²) in [5.41, 5.74) is 1.64. The predicted octanol–water partition coefficient (Wildman–Crippen LogP) is 5.87. The van der Waals surface area contributed by atoms with Crippen molar-refractivity contribution in [3.63, 3.8) is 0 Å². The van der Waals surface area contributed by atoms with E-state index in [9.17, 15) is 18.0 Å². The molecule has 1 aliphatic rings. The first-order valence-corrected chi connectivity index (χ1v) is 11.8. The van der Waals surface area contributed by atoms with Gasteiger partial charge >= 0.3 is 6.18 Å². The Balaban J connectivity index is 1.58. The van der Waals surface area contributed by atoms with E-state index in [1.165, 1.54) is 6.20 Å². The average Bonchev–Trinajstić information content (AvgIpc) is 2.84. The van der Waals surface area contributed by atoms with Crippen LogP contribution in [0.3, 0.4) is 0 Å². The normalized spacial score (nSPS) is 15.4. The summed E-state index contributed by atoms with van der Waals surface area (Å²) in [6, 6.07) is 11.5. The molecular weight excluding hydrogens is 467 g/mol. The summed E-state index contributed by atoms with van der Waals surface area (Å²) in [6.45, 7) is 3.40. The number of anilines is 2. The zero-order valence-electron chi connectivity index (χ0n) is 20.0. The highest BCUT2D eigenvalue weighted by molar-refractivity contribution is 5.95. The van der Waals surface area contributed by atoms with Crippen LogP contribution in [0.5, 0.6) is 0 Å². The Kier molecular flexibility index (Phi) is 6.26. The molecule has 9 heteroatoms. The largest absolute Gasteiger partial charge is 0.416 e. The summed E-state index contributed by atoms with van der Waals surface area (Å²) < 4.78 is 42.4. The fourth-order valence-electron chi connectivity index (χ4n) is 4.76. The van der Waals surface area contributed by atoms with Gasteiger partial charge in [-0.05, 0) is 93.2 Å². The predicted molar refractivity (Wildman–Crippen MR) is 135 cm³/mol.